The quantitative estimate of drug-likeness (QED) is 0.867. The summed E-state index contributed by atoms with van der Waals surface area (Å²) in [4.78, 5) is 8.19. The van der Waals surface area contributed by atoms with Crippen LogP contribution in [0.1, 0.15) is 25.5 Å². The van der Waals surface area contributed by atoms with Crippen LogP contribution in [-0.4, -0.2) is 27.0 Å². The van der Waals surface area contributed by atoms with Crippen molar-refractivity contribution in [1.82, 2.24) is 9.97 Å². The molecule has 0 bridgehead atoms. The molecule has 0 saturated carbocycles. The summed E-state index contributed by atoms with van der Waals surface area (Å²) in [5.74, 6) is 1.78. The minimum absolute atomic E-state index is 0.284. The van der Waals surface area contributed by atoms with E-state index in [1.54, 1.807) is 12.3 Å². The van der Waals surface area contributed by atoms with Crippen molar-refractivity contribution in [2.75, 3.05) is 17.6 Å². The number of nitrogens with zero attached hydrogens (tertiary/aromatic N) is 3. The molecule has 1 unspecified atom stereocenters. The van der Waals surface area contributed by atoms with Crippen LogP contribution in [0, 0.1) is 11.3 Å². The van der Waals surface area contributed by atoms with E-state index in [-0.39, 0.29) is 4.75 Å². The first-order chi connectivity index (χ1) is 7.72. The van der Waals surface area contributed by atoms with Crippen molar-refractivity contribution >= 4 is 17.7 Å². The Kier molecular flexibility index (Phi) is 3.30. The lowest BCUT2D eigenvalue weighted by Gasteiger charge is -2.22. The van der Waals surface area contributed by atoms with Gasteiger partial charge < -0.3 is 5.32 Å². The maximum Gasteiger partial charge on any atom is 0.223 e. The molecule has 2 rings (SSSR count). The van der Waals surface area contributed by atoms with Crippen LogP contribution in [0.4, 0.5) is 5.95 Å². The van der Waals surface area contributed by atoms with Crippen LogP contribution in [-0.2, 0) is 0 Å². The SMILES string of the molecule is CC1(CNc2nccc(C#N)n2)CCCS1. The van der Waals surface area contributed by atoms with Gasteiger partial charge in [0.15, 0.2) is 0 Å². The van der Waals surface area contributed by atoms with E-state index in [9.17, 15) is 0 Å². The second kappa shape index (κ2) is 4.71. The van der Waals surface area contributed by atoms with Crippen LogP contribution >= 0.6 is 11.8 Å². The third-order valence-corrected chi connectivity index (χ3v) is 4.23. The Morgan fingerprint density at radius 2 is 2.56 bits per heavy atom. The van der Waals surface area contributed by atoms with Crippen molar-refractivity contribution in [2.24, 2.45) is 0 Å². The molecule has 1 aromatic rings. The van der Waals surface area contributed by atoms with Crippen LogP contribution in [0.15, 0.2) is 12.3 Å². The topological polar surface area (TPSA) is 61.6 Å². The van der Waals surface area contributed by atoms with E-state index >= 15 is 0 Å². The largest absolute Gasteiger partial charge is 0.353 e. The third kappa shape index (κ3) is 2.64. The maximum atomic E-state index is 8.72. The fourth-order valence-electron chi connectivity index (χ4n) is 1.75. The van der Waals surface area contributed by atoms with E-state index in [1.165, 1.54) is 18.6 Å². The summed E-state index contributed by atoms with van der Waals surface area (Å²) < 4.78 is 0.284. The molecule has 0 aromatic carbocycles. The van der Waals surface area contributed by atoms with Gasteiger partial charge in [-0.05, 0) is 31.6 Å². The van der Waals surface area contributed by atoms with Crippen LogP contribution in [0.25, 0.3) is 0 Å². The van der Waals surface area contributed by atoms with Crippen LogP contribution in [0.3, 0.4) is 0 Å². The predicted molar refractivity (Wildman–Crippen MR) is 65.3 cm³/mol. The van der Waals surface area contributed by atoms with Gasteiger partial charge in [-0.2, -0.15) is 17.0 Å². The predicted octanol–water partition coefficient (Wildman–Crippen LogP) is 2.05. The van der Waals surface area contributed by atoms with Crippen molar-refractivity contribution < 1.29 is 0 Å². The summed E-state index contributed by atoms with van der Waals surface area (Å²) in [6.45, 7) is 3.11. The molecule has 16 heavy (non-hydrogen) atoms. The Labute approximate surface area is 99.5 Å². The number of thioether (sulfide) groups is 1. The molecule has 1 aliphatic rings. The zero-order chi connectivity index (χ0) is 11.4. The first kappa shape index (κ1) is 11.2. The van der Waals surface area contributed by atoms with Crippen LogP contribution in [0.2, 0.25) is 0 Å². The highest BCUT2D eigenvalue weighted by Crippen LogP contribution is 2.37. The fraction of sp³-hybridized carbons (Fsp3) is 0.545. The van der Waals surface area contributed by atoms with E-state index in [2.05, 4.69) is 22.2 Å². The van der Waals surface area contributed by atoms with Gasteiger partial charge in [0.2, 0.25) is 5.95 Å². The highest BCUT2D eigenvalue weighted by molar-refractivity contribution is 8.00. The molecule has 0 radical (unpaired) electrons. The molecular formula is C11H14N4S. The Bertz CT molecular complexity index is 407. The smallest absolute Gasteiger partial charge is 0.223 e. The van der Waals surface area contributed by atoms with Gasteiger partial charge in [-0.15, -0.1) is 0 Å². The highest BCUT2D eigenvalue weighted by Gasteiger charge is 2.29. The highest BCUT2D eigenvalue weighted by atomic mass is 32.2. The van der Waals surface area contributed by atoms with Gasteiger partial charge in [0.1, 0.15) is 11.8 Å². The molecule has 0 amide bonds. The first-order valence-electron chi connectivity index (χ1n) is 5.33. The van der Waals surface area contributed by atoms with Crippen molar-refractivity contribution in [1.29, 1.82) is 5.26 Å². The fourth-order valence-corrected chi connectivity index (χ4v) is 2.99. The van der Waals surface area contributed by atoms with Crippen molar-refractivity contribution in [3.05, 3.63) is 18.0 Å². The molecule has 0 spiro atoms. The van der Waals surface area contributed by atoms with Gasteiger partial charge in [0.25, 0.3) is 0 Å². The second-order valence-corrected chi connectivity index (χ2v) is 5.82. The van der Waals surface area contributed by atoms with Crippen LogP contribution in [0.5, 0.6) is 0 Å². The number of nitrogens with one attached hydrogen (secondary N) is 1. The Balaban J connectivity index is 1.96. The summed E-state index contributed by atoms with van der Waals surface area (Å²) in [5.41, 5.74) is 0.404. The normalized spacial score (nSPS) is 24.0. The van der Waals surface area contributed by atoms with E-state index in [0.717, 1.165) is 6.54 Å². The summed E-state index contributed by atoms with van der Waals surface area (Å²) >= 11 is 1.99. The van der Waals surface area contributed by atoms with E-state index < -0.39 is 0 Å². The summed E-state index contributed by atoms with van der Waals surface area (Å²) in [5, 5.41) is 11.9. The lowest BCUT2D eigenvalue weighted by Crippen LogP contribution is -2.27. The molecule has 0 aliphatic carbocycles. The summed E-state index contributed by atoms with van der Waals surface area (Å²) in [7, 11) is 0. The molecule has 4 nitrogen and oxygen atoms in total. The number of nitriles is 1. The average molecular weight is 234 g/mol. The van der Waals surface area contributed by atoms with Gasteiger partial charge in [0, 0.05) is 17.5 Å². The zero-order valence-electron chi connectivity index (χ0n) is 9.23. The molecule has 1 atom stereocenters. The Morgan fingerprint density at radius 3 is 3.25 bits per heavy atom. The molecular weight excluding hydrogens is 220 g/mol. The third-order valence-electron chi connectivity index (χ3n) is 2.69. The summed E-state index contributed by atoms with van der Waals surface area (Å²) in [6, 6.07) is 3.62. The number of hydrogen-bond acceptors (Lipinski definition) is 5. The zero-order valence-corrected chi connectivity index (χ0v) is 10.0. The van der Waals surface area contributed by atoms with E-state index in [0.29, 0.717) is 11.6 Å². The number of aromatic nitrogens is 2. The van der Waals surface area contributed by atoms with Gasteiger partial charge in [-0.25, -0.2) is 9.97 Å². The number of anilines is 1. The number of rotatable bonds is 3. The van der Waals surface area contributed by atoms with Gasteiger partial charge >= 0.3 is 0 Å². The lowest BCUT2D eigenvalue weighted by molar-refractivity contribution is 0.632. The number of hydrogen-bond donors (Lipinski definition) is 1. The van der Waals surface area contributed by atoms with Crippen LogP contribution < -0.4 is 5.32 Å². The van der Waals surface area contributed by atoms with Crippen molar-refractivity contribution in [2.45, 2.75) is 24.5 Å². The Morgan fingerprint density at radius 1 is 1.69 bits per heavy atom. The standard InChI is InChI=1S/C11H14N4S/c1-11(4-2-6-16-11)8-14-10-13-5-3-9(7-12)15-10/h3,5H,2,4,6,8H2,1H3,(H,13,14,15). The molecule has 1 fully saturated rings. The monoisotopic (exact) mass is 234 g/mol. The lowest BCUT2D eigenvalue weighted by atomic mass is 10.1. The van der Waals surface area contributed by atoms with Gasteiger partial charge in [-0.1, -0.05) is 0 Å². The molecule has 2 heterocycles. The molecule has 84 valence electrons. The van der Waals surface area contributed by atoms with E-state index in [1.807, 2.05) is 17.8 Å². The Hall–Kier alpha value is -1.28. The minimum atomic E-state index is 0.284. The molecule has 5 heteroatoms. The molecule has 1 N–H and O–H groups in total. The van der Waals surface area contributed by atoms with Gasteiger partial charge in [0.05, 0.1) is 0 Å². The second-order valence-electron chi connectivity index (χ2n) is 4.13. The summed E-state index contributed by atoms with van der Waals surface area (Å²) in [6.07, 6.45) is 4.11. The first-order valence-corrected chi connectivity index (χ1v) is 6.31. The van der Waals surface area contributed by atoms with Crippen molar-refractivity contribution in [3.8, 4) is 6.07 Å². The van der Waals surface area contributed by atoms with Gasteiger partial charge in [-0.3, -0.25) is 0 Å². The molecule has 1 aliphatic heterocycles. The maximum absolute atomic E-state index is 8.72. The molecule has 1 saturated heterocycles. The molecule has 1 aromatic heterocycles. The minimum Gasteiger partial charge on any atom is -0.353 e. The van der Waals surface area contributed by atoms with Crippen molar-refractivity contribution in [3.63, 3.8) is 0 Å². The average Bonchev–Trinajstić information content (AvgIpc) is 2.75. The van der Waals surface area contributed by atoms with E-state index in [4.69, 9.17) is 5.26 Å².